The highest BCUT2D eigenvalue weighted by Crippen LogP contribution is 2.33. The van der Waals surface area contributed by atoms with Gasteiger partial charge in [-0.3, -0.25) is 0 Å². The van der Waals surface area contributed by atoms with Crippen LogP contribution in [0.5, 0.6) is 0 Å². The summed E-state index contributed by atoms with van der Waals surface area (Å²) in [4.78, 5) is 0. The molecule has 0 aromatic carbocycles. The zero-order valence-corrected chi connectivity index (χ0v) is 11.0. The highest BCUT2D eigenvalue weighted by Gasteiger charge is 2.20. The number of allylic oxidation sites excluding steroid dienone is 6. The molecule has 90 valence electrons. The third kappa shape index (κ3) is 2.41. The number of aromatic nitrogens is 1. The Morgan fingerprint density at radius 3 is 2.71 bits per heavy atom. The molecule has 1 aromatic heterocycles. The van der Waals surface area contributed by atoms with Crippen LogP contribution in [0.1, 0.15) is 44.2 Å². The minimum atomic E-state index is 0.977. The number of rotatable bonds is 2. The Labute approximate surface area is 103 Å². The van der Waals surface area contributed by atoms with E-state index in [2.05, 4.69) is 44.2 Å². The minimum Gasteiger partial charge on any atom is -0.356 e. The summed E-state index contributed by atoms with van der Waals surface area (Å²) in [6, 6.07) is 0. The van der Waals surface area contributed by atoms with Crippen molar-refractivity contribution in [2.24, 2.45) is 0 Å². The van der Waals surface area contributed by atoms with E-state index in [1.807, 2.05) is 6.92 Å². The Hall–Kier alpha value is -1.57. The molecule has 1 aromatic rings. The number of fused-ring (bicyclic) bond motifs is 1. The third-order valence-electron chi connectivity index (χ3n) is 3.18. The molecule has 0 aliphatic heterocycles. The van der Waals surface area contributed by atoms with Gasteiger partial charge in [-0.15, -0.1) is 0 Å². The van der Waals surface area contributed by atoms with Crippen molar-refractivity contribution in [3.63, 3.8) is 0 Å². The van der Waals surface area contributed by atoms with Gasteiger partial charge in [-0.05, 0) is 51.7 Å². The van der Waals surface area contributed by atoms with Gasteiger partial charge in [0.15, 0.2) is 5.76 Å². The van der Waals surface area contributed by atoms with Gasteiger partial charge >= 0.3 is 0 Å². The van der Waals surface area contributed by atoms with Crippen molar-refractivity contribution >= 4 is 5.57 Å². The van der Waals surface area contributed by atoms with Crippen LogP contribution in [-0.2, 0) is 6.42 Å². The Morgan fingerprint density at radius 1 is 1.24 bits per heavy atom. The van der Waals surface area contributed by atoms with E-state index in [1.54, 1.807) is 0 Å². The summed E-state index contributed by atoms with van der Waals surface area (Å²) in [7, 11) is 0. The van der Waals surface area contributed by atoms with Gasteiger partial charge < -0.3 is 4.52 Å². The predicted molar refractivity (Wildman–Crippen MR) is 70.7 cm³/mol. The normalized spacial score (nSPS) is 15.3. The number of aryl methyl sites for hydroxylation is 1. The highest BCUT2D eigenvalue weighted by molar-refractivity contribution is 5.70. The van der Waals surface area contributed by atoms with Crippen LogP contribution in [0, 0.1) is 6.92 Å². The molecule has 17 heavy (non-hydrogen) atoms. The maximum absolute atomic E-state index is 5.40. The highest BCUT2D eigenvalue weighted by atomic mass is 16.5. The lowest BCUT2D eigenvalue weighted by Crippen LogP contribution is -2.00. The largest absolute Gasteiger partial charge is 0.356 e. The van der Waals surface area contributed by atoms with Gasteiger partial charge in [-0.2, -0.15) is 0 Å². The monoisotopic (exact) mass is 229 g/mol. The maximum atomic E-state index is 5.40. The molecule has 2 heteroatoms. The summed E-state index contributed by atoms with van der Waals surface area (Å²) in [6.07, 6.45) is 8.54. The number of nitrogens with zero attached hydrogens (tertiary/aromatic N) is 1. The maximum Gasteiger partial charge on any atom is 0.166 e. The van der Waals surface area contributed by atoms with Crippen LogP contribution in [-0.4, -0.2) is 5.16 Å². The summed E-state index contributed by atoms with van der Waals surface area (Å²) in [5.41, 5.74) is 6.21. The lowest BCUT2D eigenvalue weighted by molar-refractivity contribution is 0.403. The van der Waals surface area contributed by atoms with Crippen molar-refractivity contribution in [3.05, 3.63) is 46.4 Å². The zero-order chi connectivity index (χ0) is 12.4. The number of hydrogen-bond acceptors (Lipinski definition) is 2. The van der Waals surface area contributed by atoms with Crippen molar-refractivity contribution in [2.75, 3.05) is 0 Å². The third-order valence-corrected chi connectivity index (χ3v) is 3.18. The lowest BCUT2D eigenvalue weighted by atomic mass is 9.90. The second-order valence-corrected chi connectivity index (χ2v) is 4.83. The quantitative estimate of drug-likeness (QED) is 0.709. The Bertz CT molecular complexity index is 511. The van der Waals surface area contributed by atoms with Gasteiger partial charge in [0.1, 0.15) is 0 Å². The van der Waals surface area contributed by atoms with Crippen molar-refractivity contribution in [1.82, 2.24) is 5.16 Å². The summed E-state index contributed by atoms with van der Waals surface area (Å²) in [5, 5.41) is 4.05. The van der Waals surface area contributed by atoms with E-state index in [0.29, 0.717) is 0 Å². The van der Waals surface area contributed by atoms with Crippen LogP contribution in [0.25, 0.3) is 5.57 Å². The molecule has 0 fully saturated rings. The molecule has 0 N–H and O–H groups in total. The predicted octanol–water partition coefficient (Wildman–Crippen LogP) is 4.23. The van der Waals surface area contributed by atoms with Gasteiger partial charge in [0, 0.05) is 5.56 Å². The minimum absolute atomic E-state index is 0.977. The Balaban J connectivity index is 2.31. The lowest BCUT2D eigenvalue weighted by Gasteiger charge is -2.13. The molecule has 0 saturated carbocycles. The van der Waals surface area contributed by atoms with E-state index < -0.39 is 0 Å². The Morgan fingerprint density at radius 2 is 2.00 bits per heavy atom. The fourth-order valence-electron chi connectivity index (χ4n) is 2.14. The van der Waals surface area contributed by atoms with Gasteiger partial charge in [0.05, 0.1) is 5.69 Å². The van der Waals surface area contributed by atoms with Crippen LogP contribution in [0.4, 0.5) is 0 Å². The van der Waals surface area contributed by atoms with Gasteiger partial charge in [-0.1, -0.05) is 29.0 Å². The SMILES string of the molecule is CC(C)=C/C=C\C1=C(C)c2onc(C)c2CC1. The van der Waals surface area contributed by atoms with Crippen LogP contribution in [0.3, 0.4) is 0 Å². The molecule has 0 bridgehead atoms. The van der Waals surface area contributed by atoms with Crippen LogP contribution in [0.15, 0.2) is 33.9 Å². The average molecular weight is 229 g/mol. The summed E-state index contributed by atoms with van der Waals surface area (Å²) >= 11 is 0. The smallest absolute Gasteiger partial charge is 0.166 e. The van der Waals surface area contributed by atoms with Gasteiger partial charge in [0.2, 0.25) is 0 Å². The van der Waals surface area contributed by atoms with Crippen molar-refractivity contribution in [1.29, 1.82) is 0 Å². The van der Waals surface area contributed by atoms with E-state index in [4.69, 9.17) is 4.52 Å². The first-order chi connectivity index (χ1) is 8.09. The molecular formula is C15H19NO. The summed E-state index contributed by atoms with van der Waals surface area (Å²) < 4.78 is 5.40. The van der Waals surface area contributed by atoms with Crippen molar-refractivity contribution < 1.29 is 4.52 Å². The first kappa shape index (κ1) is 11.9. The molecule has 0 radical (unpaired) electrons. The molecule has 2 nitrogen and oxygen atoms in total. The van der Waals surface area contributed by atoms with E-state index >= 15 is 0 Å². The van der Waals surface area contributed by atoms with Gasteiger partial charge in [0.25, 0.3) is 0 Å². The van der Waals surface area contributed by atoms with E-state index in [0.717, 1.165) is 24.3 Å². The molecule has 1 aliphatic carbocycles. The first-order valence-electron chi connectivity index (χ1n) is 6.06. The van der Waals surface area contributed by atoms with E-state index in [1.165, 1.54) is 22.3 Å². The molecule has 0 unspecified atom stereocenters. The molecule has 0 atom stereocenters. The summed E-state index contributed by atoms with van der Waals surface area (Å²) in [5.74, 6) is 0.977. The van der Waals surface area contributed by atoms with Crippen molar-refractivity contribution in [3.8, 4) is 0 Å². The molecule has 0 amide bonds. The molecule has 0 saturated heterocycles. The first-order valence-corrected chi connectivity index (χ1v) is 6.06. The van der Waals surface area contributed by atoms with Crippen LogP contribution >= 0.6 is 0 Å². The topological polar surface area (TPSA) is 26.0 Å². The molecule has 1 aliphatic rings. The zero-order valence-electron chi connectivity index (χ0n) is 11.0. The molecule has 1 heterocycles. The number of hydrogen-bond donors (Lipinski definition) is 0. The van der Waals surface area contributed by atoms with Crippen LogP contribution in [0.2, 0.25) is 0 Å². The fraction of sp³-hybridized carbons (Fsp3) is 0.400. The summed E-state index contributed by atoms with van der Waals surface area (Å²) in [6.45, 7) is 8.33. The van der Waals surface area contributed by atoms with Gasteiger partial charge in [-0.25, -0.2) is 0 Å². The van der Waals surface area contributed by atoms with Crippen LogP contribution < -0.4 is 0 Å². The second kappa shape index (κ2) is 4.74. The standard InChI is InChI=1S/C15H19NO/c1-10(2)6-5-7-13-8-9-14-12(4)16-17-15(14)11(13)3/h5-7H,8-9H2,1-4H3/b7-5-. The molecular weight excluding hydrogens is 210 g/mol. The fourth-order valence-corrected chi connectivity index (χ4v) is 2.14. The average Bonchev–Trinajstić information content (AvgIpc) is 2.64. The van der Waals surface area contributed by atoms with E-state index in [-0.39, 0.29) is 0 Å². The molecule has 0 spiro atoms. The second-order valence-electron chi connectivity index (χ2n) is 4.83. The Kier molecular flexibility index (Phi) is 3.32. The molecule has 2 rings (SSSR count). The van der Waals surface area contributed by atoms with E-state index in [9.17, 15) is 0 Å². The van der Waals surface area contributed by atoms with Crippen molar-refractivity contribution in [2.45, 2.75) is 40.5 Å².